The molecule has 0 heterocycles. The maximum Gasteiger partial charge on any atom is 0.212 e. The van der Waals surface area contributed by atoms with E-state index < -0.39 is 10.0 Å². The molecule has 0 aliphatic heterocycles. The van der Waals surface area contributed by atoms with Gasteiger partial charge in [0.25, 0.3) is 0 Å². The fourth-order valence-electron chi connectivity index (χ4n) is 1.46. The number of thioether (sulfide) groups is 1. The van der Waals surface area contributed by atoms with Crippen LogP contribution in [0.2, 0.25) is 0 Å². The summed E-state index contributed by atoms with van der Waals surface area (Å²) in [6, 6.07) is 7.39. The minimum absolute atomic E-state index is 0.0625. The van der Waals surface area contributed by atoms with Crippen molar-refractivity contribution in [3.63, 3.8) is 0 Å². The Kier molecular flexibility index (Phi) is 7.81. The standard InChI is InChI=1S/C14H22N2O3S2/c1-12(2)11-19-7-6-16-21(17,18)9-8-20-14-5-3-4-13(15)10-14/h3-5,10,16H,1,6-9,11,15H2,2H3. The third kappa shape index (κ3) is 8.77. The number of sulfonamides is 1. The Labute approximate surface area is 131 Å². The smallest absolute Gasteiger partial charge is 0.212 e. The summed E-state index contributed by atoms with van der Waals surface area (Å²) in [4.78, 5) is 0.968. The van der Waals surface area contributed by atoms with Crippen LogP contribution in [0.3, 0.4) is 0 Å². The van der Waals surface area contributed by atoms with Crippen LogP contribution in [0, 0.1) is 0 Å². The second-order valence-electron chi connectivity index (χ2n) is 4.64. The van der Waals surface area contributed by atoms with Gasteiger partial charge in [0.1, 0.15) is 0 Å². The summed E-state index contributed by atoms with van der Waals surface area (Å²) in [5.74, 6) is 0.540. The molecule has 0 amide bonds. The normalized spacial score (nSPS) is 11.5. The van der Waals surface area contributed by atoms with Gasteiger partial charge in [0.15, 0.2) is 0 Å². The van der Waals surface area contributed by atoms with Crippen molar-refractivity contribution in [3.8, 4) is 0 Å². The second-order valence-corrected chi connectivity index (χ2v) is 7.74. The van der Waals surface area contributed by atoms with E-state index >= 15 is 0 Å². The lowest BCUT2D eigenvalue weighted by molar-refractivity contribution is 0.162. The zero-order valence-electron chi connectivity index (χ0n) is 12.2. The monoisotopic (exact) mass is 330 g/mol. The Morgan fingerprint density at radius 1 is 1.48 bits per heavy atom. The summed E-state index contributed by atoms with van der Waals surface area (Å²) in [6.07, 6.45) is 0. The SMILES string of the molecule is C=C(C)COCCNS(=O)(=O)CCSc1cccc(N)c1. The van der Waals surface area contributed by atoms with E-state index in [1.54, 1.807) is 6.07 Å². The van der Waals surface area contributed by atoms with E-state index in [2.05, 4.69) is 11.3 Å². The molecule has 0 aliphatic rings. The van der Waals surface area contributed by atoms with Gasteiger partial charge in [-0.25, -0.2) is 13.1 Å². The number of ether oxygens (including phenoxy) is 1. The molecule has 1 aromatic rings. The van der Waals surface area contributed by atoms with Gasteiger partial charge in [-0.3, -0.25) is 0 Å². The van der Waals surface area contributed by atoms with Crippen molar-refractivity contribution in [2.75, 3.05) is 37.0 Å². The molecule has 0 radical (unpaired) electrons. The lowest BCUT2D eigenvalue weighted by atomic mass is 10.3. The van der Waals surface area contributed by atoms with Gasteiger partial charge in [-0.2, -0.15) is 0 Å². The van der Waals surface area contributed by atoms with Crippen molar-refractivity contribution >= 4 is 27.5 Å². The molecule has 0 fully saturated rings. The quantitative estimate of drug-likeness (QED) is 0.296. The number of benzene rings is 1. The van der Waals surface area contributed by atoms with Gasteiger partial charge >= 0.3 is 0 Å². The van der Waals surface area contributed by atoms with E-state index in [1.807, 2.05) is 25.1 Å². The Balaban J connectivity index is 2.22. The zero-order chi connectivity index (χ0) is 15.7. The molecular weight excluding hydrogens is 308 g/mol. The van der Waals surface area contributed by atoms with E-state index in [-0.39, 0.29) is 12.3 Å². The van der Waals surface area contributed by atoms with Crippen LogP contribution < -0.4 is 10.5 Å². The fourth-order valence-corrected chi connectivity index (χ4v) is 3.84. The van der Waals surface area contributed by atoms with Gasteiger partial charge in [0.2, 0.25) is 10.0 Å². The highest BCUT2D eigenvalue weighted by Crippen LogP contribution is 2.20. The van der Waals surface area contributed by atoms with Gasteiger partial charge in [-0.1, -0.05) is 18.2 Å². The van der Waals surface area contributed by atoms with Gasteiger partial charge < -0.3 is 10.5 Å². The van der Waals surface area contributed by atoms with Gasteiger partial charge in [0, 0.05) is 22.9 Å². The Morgan fingerprint density at radius 2 is 2.24 bits per heavy atom. The van der Waals surface area contributed by atoms with Crippen LogP contribution in [-0.2, 0) is 14.8 Å². The Hall–Kier alpha value is -1.02. The molecule has 0 spiro atoms. The van der Waals surface area contributed by atoms with E-state index in [1.165, 1.54) is 11.8 Å². The number of nitrogens with two attached hydrogens (primary N) is 1. The first kappa shape index (κ1) is 18.0. The van der Waals surface area contributed by atoms with E-state index in [0.717, 1.165) is 10.5 Å². The van der Waals surface area contributed by atoms with E-state index in [4.69, 9.17) is 10.5 Å². The van der Waals surface area contributed by atoms with Crippen molar-refractivity contribution in [1.82, 2.24) is 4.72 Å². The molecule has 0 aromatic heterocycles. The first-order valence-electron chi connectivity index (χ1n) is 6.57. The highest BCUT2D eigenvalue weighted by molar-refractivity contribution is 8.00. The van der Waals surface area contributed by atoms with Crippen LogP contribution in [0.4, 0.5) is 5.69 Å². The van der Waals surface area contributed by atoms with Crippen LogP contribution in [-0.4, -0.2) is 39.7 Å². The van der Waals surface area contributed by atoms with Crippen LogP contribution in [0.25, 0.3) is 0 Å². The summed E-state index contributed by atoms with van der Waals surface area (Å²) in [6.45, 7) is 6.63. The van der Waals surface area contributed by atoms with Crippen molar-refractivity contribution in [3.05, 3.63) is 36.4 Å². The van der Waals surface area contributed by atoms with Crippen molar-refractivity contribution < 1.29 is 13.2 Å². The third-order valence-corrected chi connectivity index (χ3v) is 5.04. The van der Waals surface area contributed by atoms with Crippen molar-refractivity contribution in [1.29, 1.82) is 0 Å². The predicted octanol–water partition coefficient (Wildman–Crippen LogP) is 1.87. The number of nitrogens with one attached hydrogen (secondary N) is 1. The Morgan fingerprint density at radius 3 is 2.90 bits per heavy atom. The largest absolute Gasteiger partial charge is 0.399 e. The number of nitrogen functional groups attached to an aromatic ring is 1. The van der Waals surface area contributed by atoms with Gasteiger partial charge in [-0.15, -0.1) is 11.8 Å². The lowest BCUT2D eigenvalue weighted by Gasteiger charge is -2.07. The molecule has 0 bridgehead atoms. The molecule has 0 aliphatic carbocycles. The summed E-state index contributed by atoms with van der Waals surface area (Å²) < 4.78 is 31.3. The number of rotatable bonds is 10. The number of anilines is 1. The fraction of sp³-hybridized carbons (Fsp3) is 0.429. The molecule has 0 atom stereocenters. The first-order chi connectivity index (χ1) is 9.89. The number of hydrogen-bond acceptors (Lipinski definition) is 5. The van der Waals surface area contributed by atoms with E-state index in [0.29, 0.717) is 24.7 Å². The number of hydrogen-bond donors (Lipinski definition) is 2. The maximum absolute atomic E-state index is 11.8. The molecule has 21 heavy (non-hydrogen) atoms. The van der Waals surface area contributed by atoms with Crippen LogP contribution in [0.1, 0.15) is 6.92 Å². The summed E-state index contributed by atoms with van der Waals surface area (Å²) in [5.41, 5.74) is 7.26. The molecule has 3 N–H and O–H groups in total. The second kappa shape index (κ2) is 9.09. The Bertz CT molecular complexity index is 559. The minimum atomic E-state index is -3.27. The molecule has 118 valence electrons. The van der Waals surface area contributed by atoms with Gasteiger partial charge in [-0.05, 0) is 25.1 Å². The highest BCUT2D eigenvalue weighted by atomic mass is 32.2. The van der Waals surface area contributed by atoms with Crippen LogP contribution in [0.15, 0.2) is 41.3 Å². The van der Waals surface area contributed by atoms with Crippen molar-refractivity contribution in [2.45, 2.75) is 11.8 Å². The lowest BCUT2D eigenvalue weighted by Crippen LogP contribution is -2.30. The molecule has 0 unspecified atom stereocenters. The maximum atomic E-state index is 11.8. The summed E-state index contributed by atoms with van der Waals surface area (Å²) >= 11 is 1.47. The molecule has 1 rings (SSSR count). The average molecular weight is 330 g/mol. The van der Waals surface area contributed by atoms with Crippen molar-refractivity contribution in [2.24, 2.45) is 0 Å². The molecular formula is C14H22N2O3S2. The first-order valence-corrected chi connectivity index (χ1v) is 9.20. The van der Waals surface area contributed by atoms with Crippen LogP contribution in [0.5, 0.6) is 0 Å². The predicted molar refractivity (Wildman–Crippen MR) is 89.0 cm³/mol. The highest BCUT2D eigenvalue weighted by Gasteiger charge is 2.09. The average Bonchev–Trinajstić information content (AvgIpc) is 2.37. The topological polar surface area (TPSA) is 81.4 Å². The third-order valence-electron chi connectivity index (χ3n) is 2.40. The summed E-state index contributed by atoms with van der Waals surface area (Å²) in [5, 5.41) is 0. The molecule has 0 saturated heterocycles. The van der Waals surface area contributed by atoms with Crippen LogP contribution >= 0.6 is 11.8 Å². The van der Waals surface area contributed by atoms with E-state index in [9.17, 15) is 8.42 Å². The molecule has 7 heteroatoms. The summed E-state index contributed by atoms with van der Waals surface area (Å²) in [7, 11) is -3.27. The molecule has 5 nitrogen and oxygen atoms in total. The molecule has 0 saturated carbocycles. The zero-order valence-corrected chi connectivity index (χ0v) is 13.8. The van der Waals surface area contributed by atoms with Gasteiger partial charge in [0.05, 0.1) is 19.0 Å². The molecule has 1 aromatic carbocycles. The minimum Gasteiger partial charge on any atom is -0.399 e.